The molecule has 0 aliphatic rings. The molecule has 0 saturated heterocycles. The number of anilines is 1. The number of primary sulfonamides is 1. The molecular formula is C17H17ClN2O7S. The van der Waals surface area contributed by atoms with Crippen molar-refractivity contribution in [1.29, 1.82) is 0 Å². The second kappa shape index (κ2) is 8.91. The van der Waals surface area contributed by atoms with Crippen LogP contribution in [0.15, 0.2) is 41.3 Å². The number of nitrogens with one attached hydrogen (secondary N) is 1. The molecule has 150 valence electrons. The standard InChI is InChI=1S/C17H17ClN2O7S/c1-25-14-7-10(6-13(18)16(14)26-2)17(22)27-9-15(21)20-11-4-3-5-12(8-11)28(19,23)24/h3-8H,9H2,1-2H3,(H,20,21)(H2,19,23,24). The molecule has 28 heavy (non-hydrogen) atoms. The number of benzene rings is 2. The van der Waals surface area contributed by atoms with E-state index in [1.165, 1.54) is 50.6 Å². The summed E-state index contributed by atoms with van der Waals surface area (Å²) in [6.45, 7) is -0.607. The number of methoxy groups -OCH3 is 2. The molecule has 2 rings (SSSR count). The van der Waals surface area contributed by atoms with Crippen LogP contribution >= 0.6 is 11.6 Å². The summed E-state index contributed by atoms with van der Waals surface area (Å²) in [6.07, 6.45) is 0. The van der Waals surface area contributed by atoms with Crippen molar-refractivity contribution in [2.75, 3.05) is 26.1 Å². The molecule has 9 nitrogen and oxygen atoms in total. The molecule has 0 saturated carbocycles. The van der Waals surface area contributed by atoms with Gasteiger partial charge in [-0.3, -0.25) is 4.79 Å². The van der Waals surface area contributed by atoms with Gasteiger partial charge >= 0.3 is 5.97 Å². The van der Waals surface area contributed by atoms with Crippen LogP contribution in [0.4, 0.5) is 5.69 Å². The summed E-state index contributed by atoms with van der Waals surface area (Å²) in [6, 6.07) is 8.02. The minimum atomic E-state index is -3.91. The number of carbonyl (C=O) groups excluding carboxylic acids is 2. The van der Waals surface area contributed by atoms with Gasteiger partial charge in [0.15, 0.2) is 18.1 Å². The SMILES string of the molecule is COc1cc(C(=O)OCC(=O)Nc2cccc(S(N)(=O)=O)c2)cc(Cl)c1OC. The molecule has 0 unspecified atom stereocenters. The minimum Gasteiger partial charge on any atom is -0.493 e. The Morgan fingerprint density at radius 1 is 1.14 bits per heavy atom. The largest absolute Gasteiger partial charge is 0.493 e. The maximum absolute atomic E-state index is 12.2. The van der Waals surface area contributed by atoms with E-state index in [0.717, 1.165) is 0 Å². The predicted molar refractivity (Wildman–Crippen MR) is 101 cm³/mol. The summed E-state index contributed by atoms with van der Waals surface area (Å²) in [7, 11) is -1.13. The molecule has 2 aromatic rings. The quantitative estimate of drug-likeness (QED) is 0.642. The Balaban J connectivity index is 2.03. The number of carbonyl (C=O) groups is 2. The predicted octanol–water partition coefficient (Wildman–Crippen LogP) is 1.80. The van der Waals surface area contributed by atoms with Crippen molar-refractivity contribution in [3.63, 3.8) is 0 Å². The van der Waals surface area contributed by atoms with E-state index < -0.39 is 28.5 Å². The highest BCUT2D eigenvalue weighted by molar-refractivity contribution is 7.89. The van der Waals surface area contributed by atoms with Gasteiger partial charge in [0.1, 0.15) is 0 Å². The summed E-state index contributed by atoms with van der Waals surface area (Å²) in [5, 5.41) is 7.58. The highest BCUT2D eigenvalue weighted by atomic mass is 35.5. The van der Waals surface area contributed by atoms with Gasteiger partial charge in [-0.1, -0.05) is 17.7 Å². The fraction of sp³-hybridized carbons (Fsp3) is 0.176. The number of hydrogen-bond donors (Lipinski definition) is 2. The Morgan fingerprint density at radius 3 is 2.46 bits per heavy atom. The average Bonchev–Trinajstić information content (AvgIpc) is 2.64. The van der Waals surface area contributed by atoms with Gasteiger partial charge in [-0.25, -0.2) is 18.4 Å². The maximum Gasteiger partial charge on any atom is 0.338 e. The van der Waals surface area contributed by atoms with Crippen molar-refractivity contribution < 1.29 is 32.2 Å². The highest BCUT2D eigenvalue weighted by Gasteiger charge is 2.17. The zero-order valence-corrected chi connectivity index (χ0v) is 16.5. The Bertz CT molecular complexity index is 1010. The Morgan fingerprint density at radius 2 is 1.86 bits per heavy atom. The Kier molecular flexibility index (Phi) is 6.84. The van der Waals surface area contributed by atoms with Gasteiger partial charge in [0.05, 0.1) is 29.7 Å². The van der Waals surface area contributed by atoms with Crippen LogP contribution in [0, 0.1) is 0 Å². The van der Waals surface area contributed by atoms with E-state index in [1.807, 2.05) is 0 Å². The second-order valence-corrected chi connectivity index (χ2v) is 7.36. The maximum atomic E-state index is 12.2. The lowest BCUT2D eigenvalue weighted by Gasteiger charge is -2.11. The molecule has 0 radical (unpaired) electrons. The van der Waals surface area contributed by atoms with Crippen molar-refractivity contribution in [3.05, 3.63) is 47.0 Å². The van der Waals surface area contributed by atoms with Crippen LogP contribution in [0.1, 0.15) is 10.4 Å². The average molecular weight is 429 g/mol. The first-order valence-electron chi connectivity index (χ1n) is 7.67. The molecule has 0 aliphatic heterocycles. The number of ether oxygens (including phenoxy) is 3. The van der Waals surface area contributed by atoms with Gasteiger partial charge in [-0.2, -0.15) is 0 Å². The number of sulfonamides is 1. The van der Waals surface area contributed by atoms with Crippen LogP contribution in [-0.2, 0) is 19.6 Å². The van der Waals surface area contributed by atoms with Gasteiger partial charge in [0.25, 0.3) is 5.91 Å². The van der Waals surface area contributed by atoms with Crippen LogP contribution in [0.2, 0.25) is 5.02 Å². The van der Waals surface area contributed by atoms with Crippen molar-refractivity contribution in [2.24, 2.45) is 5.14 Å². The topological polar surface area (TPSA) is 134 Å². The summed E-state index contributed by atoms with van der Waals surface area (Å²) in [5.74, 6) is -0.998. The van der Waals surface area contributed by atoms with Gasteiger partial charge in [-0.15, -0.1) is 0 Å². The van der Waals surface area contributed by atoms with E-state index in [9.17, 15) is 18.0 Å². The lowest BCUT2D eigenvalue weighted by molar-refractivity contribution is -0.119. The monoisotopic (exact) mass is 428 g/mol. The van der Waals surface area contributed by atoms with Crippen LogP contribution in [-0.4, -0.2) is 41.1 Å². The molecular weight excluding hydrogens is 412 g/mol. The number of halogens is 1. The molecule has 0 heterocycles. The van der Waals surface area contributed by atoms with E-state index in [1.54, 1.807) is 0 Å². The van der Waals surface area contributed by atoms with E-state index in [4.69, 9.17) is 31.0 Å². The first kappa shape index (κ1) is 21.5. The molecule has 11 heteroatoms. The van der Waals surface area contributed by atoms with Gasteiger partial charge in [-0.05, 0) is 30.3 Å². The van der Waals surface area contributed by atoms with Crippen molar-refractivity contribution in [3.8, 4) is 11.5 Å². The van der Waals surface area contributed by atoms with E-state index in [2.05, 4.69) is 5.32 Å². The molecule has 3 N–H and O–H groups in total. The zero-order chi connectivity index (χ0) is 20.9. The van der Waals surface area contributed by atoms with Gasteiger partial charge < -0.3 is 19.5 Å². The Labute approximate surface area is 166 Å². The molecule has 2 aromatic carbocycles. The summed E-state index contributed by atoms with van der Waals surface area (Å²) in [5.41, 5.74) is 0.244. The lowest BCUT2D eigenvalue weighted by Crippen LogP contribution is -2.21. The van der Waals surface area contributed by atoms with E-state index in [-0.39, 0.29) is 32.7 Å². The summed E-state index contributed by atoms with van der Waals surface area (Å²) >= 11 is 6.03. The van der Waals surface area contributed by atoms with E-state index >= 15 is 0 Å². The number of nitrogens with two attached hydrogens (primary N) is 1. The van der Waals surface area contributed by atoms with Crippen LogP contribution in [0.3, 0.4) is 0 Å². The Hall–Kier alpha value is -2.82. The molecule has 0 fully saturated rings. The van der Waals surface area contributed by atoms with Crippen molar-refractivity contribution in [2.45, 2.75) is 4.90 Å². The third-order valence-electron chi connectivity index (χ3n) is 3.45. The fourth-order valence-corrected chi connectivity index (χ4v) is 3.05. The van der Waals surface area contributed by atoms with Crippen molar-refractivity contribution >= 4 is 39.2 Å². The zero-order valence-electron chi connectivity index (χ0n) is 14.9. The number of hydrogen-bond acceptors (Lipinski definition) is 7. The highest BCUT2D eigenvalue weighted by Crippen LogP contribution is 2.36. The molecule has 0 aliphatic carbocycles. The van der Waals surface area contributed by atoms with Crippen LogP contribution < -0.4 is 19.9 Å². The lowest BCUT2D eigenvalue weighted by atomic mass is 10.2. The number of esters is 1. The molecule has 0 atom stereocenters. The smallest absolute Gasteiger partial charge is 0.338 e. The van der Waals surface area contributed by atoms with Gasteiger partial charge in [0, 0.05) is 5.69 Å². The van der Waals surface area contributed by atoms with Crippen molar-refractivity contribution in [1.82, 2.24) is 0 Å². The minimum absolute atomic E-state index is 0.0617. The third kappa shape index (κ3) is 5.35. The summed E-state index contributed by atoms with van der Waals surface area (Å²) in [4.78, 5) is 23.9. The first-order chi connectivity index (χ1) is 13.2. The molecule has 0 spiro atoms. The third-order valence-corrected chi connectivity index (χ3v) is 4.64. The molecule has 0 aromatic heterocycles. The first-order valence-corrected chi connectivity index (χ1v) is 9.59. The van der Waals surface area contributed by atoms with Crippen LogP contribution in [0.5, 0.6) is 11.5 Å². The second-order valence-electron chi connectivity index (χ2n) is 5.39. The normalized spacial score (nSPS) is 10.9. The van der Waals surface area contributed by atoms with Gasteiger partial charge in [0.2, 0.25) is 10.0 Å². The summed E-state index contributed by atoms with van der Waals surface area (Å²) < 4.78 is 37.8. The van der Waals surface area contributed by atoms with E-state index in [0.29, 0.717) is 0 Å². The number of rotatable bonds is 7. The fourth-order valence-electron chi connectivity index (χ4n) is 2.20. The molecule has 1 amide bonds. The van der Waals surface area contributed by atoms with Crippen LogP contribution in [0.25, 0.3) is 0 Å². The molecule has 0 bridgehead atoms. The number of amides is 1.